The van der Waals surface area contributed by atoms with Gasteiger partial charge in [-0.05, 0) is 17.7 Å². The van der Waals surface area contributed by atoms with Crippen molar-refractivity contribution >= 4 is 18.4 Å². The molecule has 0 aromatic heterocycles. The van der Waals surface area contributed by atoms with Crippen molar-refractivity contribution in [2.75, 3.05) is 0 Å². The van der Waals surface area contributed by atoms with Gasteiger partial charge in [0.1, 0.15) is 0 Å². The van der Waals surface area contributed by atoms with E-state index in [1.54, 1.807) is 12.4 Å². The largest absolute Gasteiger partial charge is 0.364 e. The molecule has 2 aromatic carbocycles. The molecule has 0 aliphatic rings. The number of hydrazine groups is 1. The molecule has 0 heterocycles. The summed E-state index contributed by atoms with van der Waals surface area (Å²) >= 11 is 0. The number of benzene rings is 2. The summed E-state index contributed by atoms with van der Waals surface area (Å²) in [6, 6.07) is 19.5. The lowest BCUT2D eigenvalue weighted by molar-refractivity contribution is -0.500. The lowest BCUT2D eigenvalue weighted by atomic mass is 10.2. The highest BCUT2D eigenvalue weighted by molar-refractivity contribution is 5.82. The van der Waals surface area contributed by atoms with Gasteiger partial charge >= 0.3 is 0 Å². The molecule has 0 amide bonds. The number of nitrogens with one attached hydrogen (secondary N) is 2. The molecule has 0 bridgehead atoms. The standard InChI is InChI=1S/C15H15N5/c16-15(19-17-11-13-7-3-1-4-8-13)20-18-12-14-9-5-2-6-10-14/h1-12H,(H3,16,19,20)/p+1/b17-11-,18-12?. The second kappa shape index (κ2) is 7.48. The third-order valence-electron chi connectivity index (χ3n) is 2.41. The van der Waals surface area contributed by atoms with E-state index in [9.17, 15) is 0 Å². The van der Waals surface area contributed by atoms with Crippen molar-refractivity contribution in [1.82, 2.24) is 5.43 Å². The molecule has 0 aliphatic carbocycles. The van der Waals surface area contributed by atoms with Crippen LogP contribution in [0.1, 0.15) is 11.1 Å². The zero-order valence-corrected chi connectivity index (χ0v) is 10.9. The number of nitrogens with two attached hydrogens (primary N) is 1. The van der Waals surface area contributed by atoms with Crippen LogP contribution in [0, 0.1) is 0 Å². The van der Waals surface area contributed by atoms with Gasteiger partial charge in [-0.3, -0.25) is 0 Å². The SMILES string of the molecule is NC(=NN=Cc1ccccc1)N/[NH+]=C\c1ccccc1. The fourth-order valence-electron chi connectivity index (χ4n) is 1.46. The van der Waals surface area contributed by atoms with E-state index in [0.717, 1.165) is 11.1 Å². The van der Waals surface area contributed by atoms with Crippen molar-refractivity contribution < 1.29 is 5.10 Å². The first kappa shape index (κ1) is 13.5. The minimum atomic E-state index is 0.185. The summed E-state index contributed by atoms with van der Waals surface area (Å²) in [6.45, 7) is 0. The quantitative estimate of drug-likeness (QED) is 0.415. The van der Waals surface area contributed by atoms with Crippen LogP contribution in [0.3, 0.4) is 0 Å². The number of hydrazone groups is 1. The molecule has 0 fully saturated rings. The second-order valence-corrected chi connectivity index (χ2v) is 3.96. The third kappa shape index (κ3) is 4.73. The number of guanidine groups is 1. The van der Waals surface area contributed by atoms with E-state index in [1.807, 2.05) is 60.7 Å². The highest BCUT2D eigenvalue weighted by atomic mass is 15.4. The van der Waals surface area contributed by atoms with Gasteiger partial charge in [-0.2, -0.15) is 5.10 Å². The monoisotopic (exact) mass is 266 g/mol. The van der Waals surface area contributed by atoms with Gasteiger partial charge in [0.25, 0.3) is 5.96 Å². The fourth-order valence-corrected chi connectivity index (χ4v) is 1.46. The number of nitrogens with zero attached hydrogens (tertiary/aromatic N) is 2. The lowest BCUT2D eigenvalue weighted by Crippen LogP contribution is -2.82. The highest BCUT2D eigenvalue weighted by Gasteiger charge is 1.91. The predicted octanol–water partition coefficient (Wildman–Crippen LogP) is 0.0395. The van der Waals surface area contributed by atoms with Gasteiger partial charge in [-0.1, -0.05) is 48.5 Å². The Morgan fingerprint density at radius 1 is 0.950 bits per heavy atom. The molecule has 4 N–H and O–H groups in total. The van der Waals surface area contributed by atoms with Gasteiger partial charge in [-0.15, -0.1) is 15.6 Å². The molecule has 5 heteroatoms. The Morgan fingerprint density at radius 2 is 1.55 bits per heavy atom. The molecule has 0 saturated heterocycles. The molecule has 20 heavy (non-hydrogen) atoms. The Bertz CT molecular complexity index is 603. The van der Waals surface area contributed by atoms with Crippen molar-refractivity contribution in [2.24, 2.45) is 15.9 Å². The molecular weight excluding hydrogens is 250 g/mol. The Morgan fingerprint density at radius 3 is 2.20 bits per heavy atom. The Balaban J connectivity index is 1.86. The lowest BCUT2D eigenvalue weighted by Gasteiger charge is -1.91. The van der Waals surface area contributed by atoms with E-state index >= 15 is 0 Å². The number of rotatable bonds is 4. The molecule has 2 rings (SSSR count). The smallest absolute Gasteiger partial charge is 0.269 e. The average molecular weight is 266 g/mol. The van der Waals surface area contributed by atoms with Crippen molar-refractivity contribution in [2.45, 2.75) is 0 Å². The first-order chi connectivity index (χ1) is 9.84. The molecule has 0 spiro atoms. The summed E-state index contributed by atoms with van der Waals surface area (Å²) in [7, 11) is 0. The van der Waals surface area contributed by atoms with Crippen LogP contribution in [0.5, 0.6) is 0 Å². The van der Waals surface area contributed by atoms with Crippen LogP contribution < -0.4 is 16.3 Å². The summed E-state index contributed by atoms with van der Waals surface area (Å²) < 4.78 is 0. The van der Waals surface area contributed by atoms with Crippen LogP contribution in [-0.2, 0) is 0 Å². The van der Waals surface area contributed by atoms with Crippen LogP contribution in [-0.4, -0.2) is 18.4 Å². The van der Waals surface area contributed by atoms with Gasteiger partial charge in [0.2, 0.25) is 0 Å². The second-order valence-electron chi connectivity index (χ2n) is 3.96. The highest BCUT2D eigenvalue weighted by Crippen LogP contribution is 1.93. The molecule has 0 aliphatic heterocycles. The Kier molecular flexibility index (Phi) is 5.04. The maximum atomic E-state index is 5.64. The van der Waals surface area contributed by atoms with E-state index in [2.05, 4.69) is 20.7 Å². The summed E-state index contributed by atoms with van der Waals surface area (Å²) in [5.41, 5.74) is 10.4. The molecular formula is C15H16N5+. The van der Waals surface area contributed by atoms with Crippen molar-refractivity contribution in [3.63, 3.8) is 0 Å². The van der Waals surface area contributed by atoms with Crippen molar-refractivity contribution in [3.05, 3.63) is 71.8 Å². The van der Waals surface area contributed by atoms with Gasteiger partial charge in [0, 0.05) is 5.56 Å². The molecule has 0 saturated carbocycles. The van der Waals surface area contributed by atoms with E-state index in [-0.39, 0.29) is 5.96 Å². The van der Waals surface area contributed by atoms with Crippen LogP contribution in [0.25, 0.3) is 0 Å². The first-order valence-corrected chi connectivity index (χ1v) is 6.16. The summed E-state index contributed by atoms with van der Waals surface area (Å²) in [6.07, 6.45) is 3.42. The average Bonchev–Trinajstić information content (AvgIpc) is 2.49. The van der Waals surface area contributed by atoms with Gasteiger partial charge in [0.05, 0.1) is 6.21 Å². The zero-order valence-electron chi connectivity index (χ0n) is 10.9. The third-order valence-corrected chi connectivity index (χ3v) is 2.41. The van der Waals surface area contributed by atoms with E-state index in [1.165, 1.54) is 0 Å². The Hall–Kier alpha value is -2.95. The fraction of sp³-hybridized carbons (Fsp3) is 0. The topological polar surface area (TPSA) is 76.7 Å². The van der Waals surface area contributed by atoms with Crippen molar-refractivity contribution in [3.8, 4) is 0 Å². The van der Waals surface area contributed by atoms with Gasteiger partial charge in [-0.25, -0.2) is 0 Å². The molecule has 2 aromatic rings. The van der Waals surface area contributed by atoms with Gasteiger partial charge < -0.3 is 5.73 Å². The minimum Gasteiger partial charge on any atom is -0.364 e. The molecule has 100 valence electrons. The summed E-state index contributed by atoms with van der Waals surface area (Å²) in [5, 5.41) is 10.6. The van der Waals surface area contributed by atoms with Gasteiger partial charge in [0.15, 0.2) is 6.21 Å². The summed E-state index contributed by atoms with van der Waals surface area (Å²) in [5.74, 6) is 0.185. The van der Waals surface area contributed by atoms with Crippen LogP contribution in [0.2, 0.25) is 0 Å². The normalized spacial score (nSPS) is 12.1. The minimum absolute atomic E-state index is 0.185. The van der Waals surface area contributed by atoms with Crippen LogP contribution in [0.15, 0.2) is 70.9 Å². The van der Waals surface area contributed by atoms with E-state index in [0.29, 0.717) is 0 Å². The first-order valence-electron chi connectivity index (χ1n) is 6.16. The molecule has 0 unspecified atom stereocenters. The van der Waals surface area contributed by atoms with Crippen LogP contribution >= 0.6 is 0 Å². The number of hydrogen-bond acceptors (Lipinski definition) is 2. The maximum absolute atomic E-state index is 5.64. The maximum Gasteiger partial charge on any atom is 0.269 e. The summed E-state index contributed by atoms with van der Waals surface area (Å²) in [4.78, 5) is 0. The van der Waals surface area contributed by atoms with Crippen molar-refractivity contribution in [1.29, 1.82) is 0 Å². The zero-order chi connectivity index (χ0) is 14.0. The number of hydrogen-bond donors (Lipinski definition) is 3. The molecule has 5 nitrogen and oxygen atoms in total. The predicted molar refractivity (Wildman–Crippen MR) is 81.4 cm³/mol. The molecule has 0 radical (unpaired) electrons. The van der Waals surface area contributed by atoms with E-state index < -0.39 is 0 Å². The van der Waals surface area contributed by atoms with Crippen LogP contribution in [0.4, 0.5) is 0 Å². The molecule has 0 atom stereocenters. The Labute approximate surface area is 117 Å². The van der Waals surface area contributed by atoms with E-state index in [4.69, 9.17) is 5.73 Å².